The molecule has 4 rings (SSSR count). The summed E-state index contributed by atoms with van der Waals surface area (Å²) in [6.45, 7) is 2.16. The molecule has 1 aliphatic carbocycles. The molecule has 1 aliphatic rings. The van der Waals surface area contributed by atoms with E-state index in [9.17, 15) is 14.7 Å². The Balaban J connectivity index is 1.65. The van der Waals surface area contributed by atoms with Crippen molar-refractivity contribution in [2.45, 2.75) is 38.6 Å². The Morgan fingerprint density at radius 3 is 2.65 bits per heavy atom. The Kier molecular flexibility index (Phi) is 6.04. The number of esters is 1. The van der Waals surface area contributed by atoms with Gasteiger partial charge in [-0.25, -0.2) is 4.79 Å². The zero-order valence-corrected chi connectivity index (χ0v) is 17.8. The number of carbonyl (C=O) groups excluding carboxylic acids is 2. The Hall–Kier alpha value is -3.19. The third-order valence-corrected chi connectivity index (χ3v) is 6.04. The number of anilines is 1. The van der Waals surface area contributed by atoms with Crippen LogP contribution in [0.5, 0.6) is 0 Å². The molecule has 7 nitrogen and oxygen atoms in total. The molecule has 3 aromatic rings. The lowest BCUT2D eigenvalue weighted by molar-refractivity contribution is 0.0602. The Bertz CT molecular complexity index is 1110. The van der Waals surface area contributed by atoms with E-state index in [1.165, 1.54) is 7.11 Å². The fraction of sp³-hybridized carbons (Fsp3) is 0.375. The first-order chi connectivity index (χ1) is 15.0. The van der Waals surface area contributed by atoms with Crippen LogP contribution in [0.25, 0.3) is 10.9 Å². The lowest BCUT2D eigenvalue weighted by Gasteiger charge is -2.27. The first-order valence-electron chi connectivity index (χ1n) is 10.6. The average molecular weight is 421 g/mol. The van der Waals surface area contributed by atoms with Crippen LogP contribution in [0.3, 0.4) is 0 Å². The van der Waals surface area contributed by atoms with E-state index in [4.69, 9.17) is 4.74 Å². The van der Waals surface area contributed by atoms with Crippen LogP contribution in [0, 0.1) is 12.8 Å². The van der Waals surface area contributed by atoms with Gasteiger partial charge in [0.25, 0.3) is 5.91 Å². The lowest BCUT2D eigenvalue weighted by atomic mass is 9.87. The highest BCUT2D eigenvalue weighted by atomic mass is 16.5. The maximum absolute atomic E-state index is 12.8. The van der Waals surface area contributed by atoms with Gasteiger partial charge < -0.3 is 15.2 Å². The summed E-state index contributed by atoms with van der Waals surface area (Å²) in [4.78, 5) is 25.2. The van der Waals surface area contributed by atoms with E-state index in [-0.39, 0.29) is 24.1 Å². The zero-order chi connectivity index (χ0) is 22.0. The second-order valence-electron chi connectivity index (χ2n) is 8.24. The molecule has 1 saturated carbocycles. The quantitative estimate of drug-likeness (QED) is 0.605. The summed E-state index contributed by atoms with van der Waals surface area (Å²) in [5.74, 6) is -0.446. The molecule has 2 aromatic carbocycles. The summed E-state index contributed by atoms with van der Waals surface area (Å²) in [7, 11) is 1.32. The van der Waals surface area contributed by atoms with Crippen LogP contribution in [0.2, 0.25) is 0 Å². The van der Waals surface area contributed by atoms with Crippen molar-refractivity contribution in [3.63, 3.8) is 0 Å². The lowest BCUT2D eigenvalue weighted by Crippen LogP contribution is -2.20. The van der Waals surface area contributed by atoms with Crippen molar-refractivity contribution in [1.29, 1.82) is 0 Å². The predicted molar refractivity (Wildman–Crippen MR) is 118 cm³/mol. The number of rotatable bonds is 5. The van der Waals surface area contributed by atoms with Gasteiger partial charge in [0.05, 0.1) is 29.9 Å². The Labute approximate surface area is 181 Å². The molecule has 2 N–H and O–H groups in total. The molecule has 1 heterocycles. The third kappa shape index (κ3) is 4.46. The summed E-state index contributed by atoms with van der Waals surface area (Å²) >= 11 is 0. The molecule has 0 radical (unpaired) electrons. The number of ether oxygens (including phenoxy) is 1. The Morgan fingerprint density at radius 2 is 1.97 bits per heavy atom. The first-order valence-corrected chi connectivity index (χ1v) is 10.6. The molecule has 1 fully saturated rings. The fourth-order valence-electron chi connectivity index (χ4n) is 4.23. The third-order valence-electron chi connectivity index (χ3n) is 6.04. The minimum atomic E-state index is -0.528. The van der Waals surface area contributed by atoms with Gasteiger partial charge in [0.1, 0.15) is 0 Å². The number of aryl methyl sites for hydroxylation is 1. The SMILES string of the molecule is COC(=O)c1cc2nn([C@H]3CC[C@H](CO)CC3)cc2cc1NC(=O)c1cccc(C)c1. The van der Waals surface area contributed by atoms with Crippen LogP contribution in [0.1, 0.15) is 58.0 Å². The molecule has 31 heavy (non-hydrogen) atoms. The van der Waals surface area contributed by atoms with Gasteiger partial charge in [-0.2, -0.15) is 5.10 Å². The van der Waals surface area contributed by atoms with E-state index in [2.05, 4.69) is 10.4 Å². The highest BCUT2D eigenvalue weighted by Crippen LogP contribution is 2.33. The number of aliphatic hydroxyl groups excluding tert-OH is 1. The number of fused-ring (bicyclic) bond motifs is 1. The molecule has 0 unspecified atom stereocenters. The molecule has 0 spiro atoms. The van der Waals surface area contributed by atoms with Crippen molar-refractivity contribution in [1.82, 2.24) is 9.78 Å². The molecule has 0 bridgehead atoms. The van der Waals surface area contributed by atoms with Crippen LogP contribution >= 0.6 is 0 Å². The highest BCUT2D eigenvalue weighted by Gasteiger charge is 2.24. The molecule has 1 aromatic heterocycles. The van der Waals surface area contributed by atoms with E-state index < -0.39 is 5.97 Å². The van der Waals surface area contributed by atoms with Gasteiger partial charge in [0.2, 0.25) is 0 Å². The van der Waals surface area contributed by atoms with Crippen LogP contribution < -0.4 is 5.32 Å². The van der Waals surface area contributed by atoms with Gasteiger partial charge in [-0.1, -0.05) is 17.7 Å². The van der Waals surface area contributed by atoms with Gasteiger partial charge in [0.15, 0.2) is 0 Å². The fourth-order valence-corrected chi connectivity index (χ4v) is 4.23. The number of carbonyl (C=O) groups is 2. The minimum Gasteiger partial charge on any atom is -0.465 e. The number of amides is 1. The second kappa shape index (κ2) is 8.89. The maximum Gasteiger partial charge on any atom is 0.340 e. The van der Waals surface area contributed by atoms with Gasteiger partial charge in [0, 0.05) is 23.8 Å². The summed E-state index contributed by atoms with van der Waals surface area (Å²) in [6.07, 6.45) is 5.83. The van der Waals surface area contributed by atoms with E-state index in [1.54, 1.807) is 24.3 Å². The molecule has 1 amide bonds. The number of nitrogens with one attached hydrogen (secondary N) is 1. The number of aromatic nitrogens is 2. The van der Waals surface area contributed by atoms with Crippen molar-refractivity contribution < 1.29 is 19.4 Å². The van der Waals surface area contributed by atoms with Gasteiger partial charge >= 0.3 is 5.97 Å². The normalized spacial score (nSPS) is 18.7. The van der Waals surface area contributed by atoms with Crippen molar-refractivity contribution in [2.75, 3.05) is 19.0 Å². The standard InChI is InChI=1S/C24H27N3O4/c1-15-4-3-5-17(10-15)23(29)25-22-11-18-13-27(19-8-6-16(14-28)7-9-19)26-21(18)12-20(22)24(30)31-2/h3-5,10-13,16,19,28H,6-9,14H2,1-2H3,(H,25,29)/t16-,19-. The topological polar surface area (TPSA) is 93.4 Å². The van der Waals surface area contributed by atoms with Gasteiger partial charge in [-0.05, 0) is 62.8 Å². The summed E-state index contributed by atoms with van der Waals surface area (Å²) in [5, 5.41) is 17.8. The van der Waals surface area contributed by atoms with Crippen LogP contribution in [0.15, 0.2) is 42.6 Å². The number of hydrogen-bond acceptors (Lipinski definition) is 5. The largest absolute Gasteiger partial charge is 0.465 e. The predicted octanol–water partition coefficient (Wildman–Crippen LogP) is 4.11. The molecular formula is C24H27N3O4. The number of aliphatic hydroxyl groups is 1. The summed E-state index contributed by atoms with van der Waals surface area (Å²) < 4.78 is 6.88. The molecule has 0 saturated heterocycles. The van der Waals surface area contributed by atoms with Crippen molar-refractivity contribution in [3.8, 4) is 0 Å². The smallest absolute Gasteiger partial charge is 0.340 e. The highest BCUT2D eigenvalue weighted by molar-refractivity contribution is 6.10. The monoisotopic (exact) mass is 421 g/mol. The molecular weight excluding hydrogens is 394 g/mol. The summed E-state index contributed by atoms with van der Waals surface area (Å²) in [6, 6.07) is 11.0. The summed E-state index contributed by atoms with van der Waals surface area (Å²) in [5.41, 5.74) is 2.85. The van der Waals surface area contributed by atoms with Crippen molar-refractivity contribution in [3.05, 3.63) is 59.3 Å². The van der Waals surface area contributed by atoms with Crippen LogP contribution in [-0.4, -0.2) is 40.5 Å². The first kappa shape index (κ1) is 21.1. The molecule has 0 aliphatic heterocycles. The average Bonchev–Trinajstić information content (AvgIpc) is 3.21. The molecule has 0 atom stereocenters. The molecule has 162 valence electrons. The van der Waals surface area contributed by atoms with Crippen LogP contribution in [-0.2, 0) is 4.74 Å². The van der Waals surface area contributed by atoms with Gasteiger partial charge in [-0.3, -0.25) is 9.48 Å². The van der Waals surface area contributed by atoms with E-state index in [1.807, 2.05) is 29.9 Å². The number of methoxy groups -OCH3 is 1. The number of benzene rings is 2. The van der Waals surface area contributed by atoms with Crippen LogP contribution in [0.4, 0.5) is 5.69 Å². The van der Waals surface area contributed by atoms with Gasteiger partial charge in [-0.15, -0.1) is 0 Å². The second-order valence-corrected chi connectivity index (χ2v) is 8.24. The maximum atomic E-state index is 12.8. The molecule has 7 heteroatoms. The van der Waals surface area contributed by atoms with Crippen molar-refractivity contribution >= 4 is 28.5 Å². The minimum absolute atomic E-state index is 0.236. The van der Waals surface area contributed by atoms with E-state index in [0.717, 1.165) is 36.6 Å². The Morgan fingerprint density at radius 1 is 1.19 bits per heavy atom. The van der Waals surface area contributed by atoms with Crippen molar-refractivity contribution in [2.24, 2.45) is 5.92 Å². The van der Waals surface area contributed by atoms with E-state index in [0.29, 0.717) is 22.7 Å². The van der Waals surface area contributed by atoms with E-state index >= 15 is 0 Å². The number of hydrogen-bond donors (Lipinski definition) is 2. The number of nitrogens with zero attached hydrogens (tertiary/aromatic N) is 2. The zero-order valence-electron chi connectivity index (χ0n) is 17.8.